The van der Waals surface area contributed by atoms with Crippen LogP contribution in [0.4, 0.5) is 0 Å². The molecule has 0 bridgehead atoms. The van der Waals surface area contributed by atoms with E-state index in [4.69, 9.17) is 5.11 Å². The van der Waals surface area contributed by atoms with Crippen molar-refractivity contribution in [2.45, 2.75) is 32.2 Å². The van der Waals surface area contributed by atoms with E-state index >= 15 is 0 Å². The zero-order valence-electron chi connectivity index (χ0n) is 10.1. The molecule has 0 spiro atoms. The molecule has 0 aliphatic heterocycles. The number of pyridine rings is 1. The molecule has 0 radical (unpaired) electrons. The van der Waals surface area contributed by atoms with Crippen molar-refractivity contribution in [1.29, 1.82) is 0 Å². The molecule has 0 saturated carbocycles. The summed E-state index contributed by atoms with van der Waals surface area (Å²) in [6.07, 6.45) is 2.55. The third kappa shape index (κ3) is 4.40. The van der Waals surface area contributed by atoms with Crippen LogP contribution in [-0.4, -0.2) is 33.1 Å². The van der Waals surface area contributed by atoms with Gasteiger partial charge >= 0.3 is 5.97 Å². The average Bonchev–Trinajstić information content (AvgIpc) is 2.28. The van der Waals surface area contributed by atoms with Gasteiger partial charge < -0.3 is 15.5 Å². The van der Waals surface area contributed by atoms with Crippen LogP contribution in [0.25, 0.3) is 0 Å². The average molecular weight is 252 g/mol. The van der Waals surface area contributed by atoms with Crippen molar-refractivity contribution in [2.24, 2.45) is 0 Å². The van der Waals surface area contributed by atoms with Gasteiger partial charge in [-0.05, 0) is 31.9 Å². The summed E-state index contributed by atoms with van der Waals surface area (Å²) in [5.74, 6) is -1.49. The number of carboxylic acids is 1. The number of hydrogen-bond acceptors (Lipinski definition) is 4. The first-order chi connectivity index (χ1) is 8.50. The molecule has 1 unspecified atom stereocenters. The van der Waals surface area contributed by atoms with Gasteiger partial charge in [0.1, 0.15) is 5.75 Å². The highest BCUT2D eigenvalue weighted by molar-refractivity contribution is 5.94. The Balaban J connectivity index is 2.45. The van der Waals surface area contributed by atoms with E-state index in [1.54, 1.807) is 6.92 Å². The van der Waals surface area contributed by atoms with Gasteiger partial charge in [0.15, 0.2) is 5.69 Å². The molecule has 0 aromatic carbocycles. The highest BCUT2D eigenvalue weighted by atomic mass is 16.4. The lowest BCUT2D eigenvalue weighted by molar-refractivity contribution is -0.137. The molecule has 1 aromatic heterocycles. The summed E-state index contributed by atoms with van der Waals surface area (Å²) in [6, 6.07) is 2.75. The quantitative estimate of drug-likeness (QED) is 0.705. The molecule has 98 valence electrons. The Bertz CT molecular complexity index is 434. The number of rotatable bonds is 6. The fourth-order valence-corrected chi connectivity index (χ4v) is 1.50. The molecule has 6 nitrogen and oxygen atoms in total. The lowest BCUT2D eigenvalue weighted by atomic mass is 10.1. The van der Waals surface area contributed by atoms with Crippen LogP contribution in [0.3, 0.4) is 0 Å². The van der Waals surface area contributed by atoms with E-state index in [1.165, 1.54) is 18.3 Å². The molecule has 0 aliphatic rings. The lowest BCUT2D eigenvalue weighted by Crippen LogP contribution is -2.33. The van der Waals surface area contributed by atoms with Crippen molar-refractivity contribution in [3.05, 3.63) is 24.0 Å². The lowest BCUT2D eigenvalue weighted by Gasteiger charge is -2.13. The van der Waals surface area contributed by atoms with Gasteiger partial charge in [-0.25, -0.2) is 4.98 Å². The van der Waals surface area contributed by atoms with Gasteiger partial charge in [-0.15, -0.1) is 0 Å². The highest BCUT2D eigenvalue weighted by Gasteiger charge is 2.14. The Hall–Kier alpha value is -2.11. The molecular formula is C12H16N2O4. The number of aromatic hydroxyl groups is 1. The van der Waals surface area contributed by atoms with Crippen LogP contribution in [0.2, 0.25) is 0 Å². The minimum Gasteiger partial charge on any atom is -0.505 e. The van der Waals surface area contributed by atoms with Gasteiger partial charge in [-0.3, -0.25) is 9.59 Å². The fraction of sp³-hybridized carbons (Fsp3) is 0.417. The zero-order valence-corrected chi connectivity index (χ0v) is 10.1. The second-order valence-electron chi connectivity index (χ2n) is 4.03. The standard InChI is InChI=1S/C12H16N2O4/c1-8(4-2-6-10(16)17)14-12(18)11-9(15)5-3-7-13-11/h3,5,7-8,15H,2,4,6H2,1H3,(H,14,18)(H,16,17). The first-order valence-corrected chi connectivity index (χ1v) is 5.67. The number of carboxylic acid groups (broad SMARTS) is 1. The summed E-state index contributed by atoms with van der Waals surface area (Å²) in [4.78, 5) is 25.8. The van der Waals surface area contributed by atoms with Gasteiger partial charge in [0.05, 0.1) is 0 Å². The third-order valence-electron chi connectivity index (χ3n) is 2.41. The molecule has 18 heavy (non-hydrogen) atoms. The number of aliphatic carboxylic acids is 1. The number of carbonyl (C=O) groups excluding carboxylic acids is 1. The summed E-state index contributed by atoms with van der Waals surface area (Å²) in [5.41, 5.74) is -0.0254. The molecule has 0 aliphatic carbocycles. The summed E-state index contributed by atoms with van der Waals surface area (Å²) >= 11 is 0. The number of aromatic nitrogens is 1. The number of nitrogens with zero attached hydrogens (tertiary/aromatic N) is 1. The first kappa shape index (κ1) is 14.0. The molecule has 6 heteroatoms. The van der Waals surface area contributed by atoms with Crippen LogP contribution in [0.1, 0.15) is 36.7 Å². The van der Waals surface area contributed by atoms with Crippen LogP contribution < -0.4 is 5.32 Å². The molecule has 3 N–H and O–H groups in total. The van der Waals surface area contributed by atoms with Crippen LogP contribution in [0.15, 0.2) is 18.3 Å². The van der Waals surface area contributed by atoms with E-state index in [9.17, 15) is 14.7 Å². The van der Waals surface area contributed by atoms with Gasteiger partial charge in [-0.2, -0.15) is 0 Å². The fourth-order valence-electron chi connectivity index (χ4n) is 1.50. The predicted octanol–water partition coefficient (Wildman–Crippen LogP) is 1.16. The number of nitrogens with one attached hydrogen (secondary N) is 1. The van der Waals surface area contributed by atoms with Crippen LogP contribution in [0, 0.1) is 0 Å². The van der Waals surface area contributed by atoms with Crippen molar-refractivity contribution >= 4 is 11.9 Å². The first-order valence-electron chi connectivity index (χ1n) is 5.67. The minimum atomic E-state index is -0.851. The predicted molar refractivity (Wildman–Crippen MR) is 64.3 cm³/mol. The van der Waals surface area contributed by atoms with Gasteiger partial charge in [0.25, 0.3) is 5.91 Å². The second kappa shape index (κ2) is 6.58. The van der Waals surface area contributed by atoms with Crippen LogP contribution in [0.5, 0.6) is 5.75 Å². The largest absolute Gasteiger partial charge is 0.505 e. The Morgan fingerprint density at radius 1 is 1.50 bits per heavy atom. The molecule has 1 rings (SSSR count). The maximum Gasteiger partial charge on any atom is 0.303 e. The molecule has 1 amide bonds. The van der Waals surface area contributed by atoms with Crippen molar-refractivity contribution in [1.82, 2.24) is 10.3 Å². The summed E-state index contributed by atoms with van der Waals surface area (Å²) in [5, 5.41) is 20.6. The van der Waals surface area contributed by atoms with E-state index < -0.39 is 11.9 Å². The van der Waals surface area contributed by atoms with Gasteiger partial charge in [0.2, 0.25) is 0 Å². The van der Waals surface area contributed by atoms with E-state index in [1.807, 2.05) is 0 Å². The van der Waals surface area contributed by atoms with Gasteiger partial charge in [0, 0.05) is 18.7 Å². The molecule has 1 aromatic rings. The summed E-state index contributed by atoms with van der Waals surface area (Å²) in [6.45, 7) is 1.78. The smallest absolute Gasteiger partial charge is 0.303 e. The summed E-state index contributed by atoms with van der Waals surface area (Å²) in [7, 11) is 0. The van der Waals surface area contributed by atoms with Crippen LogP contribution in [-0.2, 0) is 4.79 Å². The Morgan fingerprint density at radius 2 is 2.22 bits per heavy atom. The molecule has 0 saturated heterocycles. The SMILES string of the molecule is CC(CCCC(=O)O)NC(=O)c1ncccc1O. The van der Waals surface area contributed by atoms with Crippen LogP contribution >= 0.6 is 0 Å². The Labute approximate surface area is 105 Å². The Morgan fingerprint density at radius 3 is 2.83 bits per heavy atom. The highest BCUT2D eigenvalue weighted by Crippen LogP contribution is 2.12. The molecule has 1 heterocycles. The van der Waals surface area contributed by atoms with Crippen molar-refractivity contribution in [3.8, 4) is 5.75 Å². The summed E-state index contributed by atoms with van der Waals surface area (Å²) < 4.78 is 0. The van der Waals surface area contributed by atoms with Crippen molar-refractivity contribution < 1.29 is 19.8 Å². The number of amides is 1. The monoisotopic (exact) mass is 252 g/mol. The number of hydrogen-bond donors (Lipinski definition) is 3. The zero-order chi connectivity index (χ0) is 13.5. The topological polar surface area (TPSA) is 99.5 Å². The van der Waals surface area contributed by atoms with Crippen molar-refractivity contribution in [2.75, 3.05) is 0 Å². The van der Waals surface area contributed by atoms with E-state index in [-0.39, 0.29) is 23.9 Å². The maximum atomic E-state index is 11.7. The third-order valence-corrected chi connectivity index (χ3v) is 2.41. The van der Waals surface area contributed by atoms with E-state index in [0.717, 1.165) is 0 Å². The molecule has 1 atom stereocenters. The second-order valence-corrected chi connectivity index (χ2v) is 4.03. The minimum absolute atomic E-state index is 0.0254. The molecular weight excluding hydrogens is 236 g/mol. The van der Waals surface area contributed by atoms with Crippen molar-refractivity contribution in [3.63, 3.8) is 0 Å². The van der Waals surface area contributed by atoms with Gasteiger partial charge in [-0.1, -0.05) is 0 Å². The van der Waals surface area contributed by atoms with E-state index in [2.05, 4.69) is 10.3 Å². The molecule has 0 fully saturated rings. The normalized spacial score (nSPS) is 11.8. The van der Waals surface area contributed by atoms with E-state index in [0.29, 0.717) is 12.8 Å². The Kier molecular flexibility index (Phi) is 5.10. The number of carbonyl (C=O) groups is 2. The maximum absolute atomic E-state index is 11.7.